The summed E-state index contributed by atoms with van der Waals surface area (Å²) in [7, 11) is -2.63. The Labute approximate surface area is 247 Å². The molecule has 0 fully saturated rings. The molecule has 0 saturated carbocycles. The van der Waals surface area contributed by atoms with Crippen molar-refractivity contribution in [2.45, 2.75) is 50.7 Å². The van der Waals surface area contributed by atoms with E-state index in [-0.39, 0.29) is 29.1 Å². The van der Waals surface area contributed by atoms with E-state index in [4.69, 9.17) is 14.2 Å². The number of ether oxygens (including phenoxy) is 3. The van der Waals surface area contributed by atoms with E-state index in [1.165, 1.54) is 17.0 Å². The average Bonchev–Trinajstić information content (AvgIpc) is 2.99. The summed E-state index contributed by atoms with van der Waals surface area (Å²) in [6.45, 7) is 5.75. The summed E-state index contributed by atoms with van der Waals surface area (Å²) in [6, 6.07) is 18.9. The molecule has 3 aromatic carbocycles. The Morgan fingerprint density at radius 3 is 2.24 bits per heavy atom. The fourth-order valence-corrected chi connectivity index (χ4v) is 6.09. The number of nitrogens with zero attached hydrogens (tertiary/aromatic N) is 2. The largest absolute Gasteiger partial charge is 0.497 e. The van der Waals surface area contributed by atoms with Crippen LogP contribution in [0, 0.1) is 0 Å². The number of carbonyl (C=O) groups is 2. The molecule has 1 aliphatic rings. The van der Waals surface area contributed by atoms with Gasteiger partial charge in [0.25, 0.3) is 10.0 Å². The van der Waals surface area contributed by atoms with E-state index in [0.717, 1.165) is 9.87 Å². The summed E-state index contributed by atoms with van der Waals surface area (Å²) in [5.74, 6) is 0.681. The molecule has 0 spiro atoms. The number of methoxy groups -OCH3 is 1. The number of nitrogens with one attached hydrogen (secondary N) is 1. The molecule has 1 atom stereocenters. The normalized spacial score (nSPS) is 13.3. The van der Waals surface area contributed by atoms with Crippen molar-refractivity contribution >= 4 is 27.5 Å². The van der Waals surface area contributed by atoms with Crippen LogP contribution in [0.3, 0.4) is 0 Å². The molecule has 2 amide bonds. The number of sulfonamides is 1. The molecule has 4 rings (SSSR count). The SMILES string of the molecule is CCC(C(=O)NC(C)C)N(Cc1ccc(OC)cc1)C(=O)CN(c1ccc2c(c1)OCCO2)S(=O)(=O)c1ccccc1. The Morgan fingerprint density at radius 1 is 0.952 bits per heavy atom. The number of rotatable bonds is 12. The average molecular weight is 596 g/mol. The number of carbonyl (C=O) groups excluding carboxylic acids is 2. The zero-order chi connectivity index (χ0) is 30.3. The van der Waals surface area contributed by atoms with Crippen LogP contribution in [0.15, 0.2) is 77.7 Å². The summed E-state index contributed by atoms with van der Waals surface area (Å²) in [5.41, 5.74) is 0.997. The van der Waals surface area contributed by atoms with Crippen LogP contribution in [0.5, 0.6) is 17.2 Å². The highest BCUT2D eigenvalue weighted by Gasteiger charge is 2.34. The van der Waals surface area contributed by atoms with E-state index in [9.17, 15) is 18.0 Å². The Balaban J connectivity index is 1.75. The number of hydrogen-bond acceptors (Lipinski definition) is 7. The van der Waals surface area contributed by atoms with Gasteiger partial charge in [0.1, 0.15) is 31.5 Å². The highest BCUT2D eigenvalue weighted by Crippen LogP contribution is 2.36. The van der Waals surface area contributed by atoms with E-state index >= 15 is 0 Å². The minimum absolute atomic E-state index is 0.0268. The Kier molecular flexibility index (Phi) is 9.95. The second kappa shape index (κ2) is 13.6. The Hall–Kier alpha value is -4.25. The van der Waals surface area contributed by atoms with Crippen molar-refractivity contribution in [1.29, 1.82) is 0 Å². The van der Waals surface area contributed by atoms with Crippen molar-refractivity contribution in [3.63, 3.8) is 0 Å². The van der Waals surface area contributed by atoms with E-state index < -0.39 is 28.5 Å². The molecular weight excluding hydrogens is 558 g/mol. The van der Waals surface area contributed by atoms with Gasteiger partial charge in [-0.05, 0) is 62.2 Å². The highest BCUT2D eigenvalue weighted by atomic mass is 32.2. The Morgan fingerprint density at radius 2 is 1.62 bits per heavy atom. The summed E-state index contributed by atoms with van der Waals surface area (Å²) in [4.78, 5) is 28.9. The van der Waals surface area contributed by atoms with Crippen LogP contribution < -0.4 is 23.8 Å². The van der Waals surface area contributed by atoms with Gasteiger partial charge in [-0.1, -0.05) is 37.3 Å². The van der Waals surface area contributed by atoms with Crippen molar-refractivity contribution in [3.8, 4) is 17.2 Å². The molecule has 11 heteroatoms. The lowest BCUT2D eigenvalue weighted by Gasteiger charge is -2.33. The molecule has 1 heterocycles. The molecule has 0 bridgehead atoms. The molecule has 224 valence electrons. The van der Waals surface area contributed by atoms with Crippen LogP contribution in [0.2, 0.25) is 0 Å². The predicted molar refractivity (Wildman–Crippen MR) is 159 cm³/mol. The van der Waals surface area contributed by atoms with Gasteiger partial charge < -0.3 is 24.4 Å². The standard InChI is InChI=1S/C31H37N3O7S/c1-5-27(31(36)32-22(2)3)33(20-23-11-14-25(39-4)15-12-23)30(35)21-34(42(37,38)26-9-7-6-8-10-26)24-13-16-28-29(19-24)41-18-17-40-28/h6-16,19,22,27H,5,17-18,20-21H2,1-4H3,(H,32,36). The molecule has 0 aromatic heterocycles. The maximum atomic E-state index is 14.2. The molecular formula is C31H37N3O7S. The number of benzene rings is 3. The van der Waals surface area contributed by atoms with E-state index in [2.05, 4.69) is 5.32 Å². The molecule has 42 heavy (non-hydrogen) atoms. The van der Waals surface area contributed by atoms with Crippen molar-refractivity contribution in [2.75, 3.05) is 31.2 Å². The second-order valence-electron chi connectivity index (χ2n) is 10.1. The molecule has 1 aliphatic heterocycles. The zero-order valence-electron chi connectivity index (χ0n) is 24.3. The minimum Gasteiger partial charge on any atom is -0.497 e. The molecule has 0 saturated heterocycles. The smallest absolute Gasteiger partial charge is 0.264 e. The monoisotopic (exact) mass is 595 g/mol. The van der Waals surface area contributed by atoms with Crippen LogP contribution in [0.25, 0.3) is 0 Å². The molecule has 10 nitrogen and oxygen atoms in total. The molecule has 0 radical (unpaired) electrons. The Bertz CT molecular complexity index is 1480. The summed E-state index contributed by atoms with van der Waals surface area (Å²) >= 11 is 0. The summed E-state index contributed by atoms with van der Waals surface area (Å²) < 4.78 is 45.6. The molecule has 3 aromatic rings. The van der Waals surface area contributed by atoms with Crippen LogP contribution in [0.1, 0.15) is 32.8 Å². The fourth-order valence-electron chi connectivity index (χ4n) is 4.66. The first-order valence-electron chi connectivity index (χ1n) is 13.8. The molecule has 0 aliphatic carbocycles. The molecule has 1 unspecified atom stereocenters. The van der Waals surface area contributed by atoms with Crippen LogP contribution >= 0.6 is 0 Å². The quantitative estimate of drug-likeness (QED) is 0.337. The van der Waals surface area contributed by atoms with Gasteiger partial charge in [0.15, 0.2) is 11.5 Å². The number of fused-ring (bicyclic) bond motifs is 1. The van der Waals surface area contributed by atoms with Crippen molar-refractivity contribution in [2.24, 2.45) is 0 Å². The zero-order valence-corrected chi connectivity index (χ0v) is 25.1. The van der Waals surface area contributed by atoms with Crippen LogP contribution in [-0.4, -0.2) is 64.1 Å². The first kappa shape index (κ1) is 30.7. The predicted octanol–water partition coefficient (Wildman–Crippen LogP) is 3.99. The topological polar surface area (TPSA) is 114 Å². The van der Waals surface area contributed by atoms with Crippen LogP contribution in [0.4, 0.5) is 5.69 Å². The van der Waals surface area contributed by atoms with Crippen molar-refractivity contribution in [1.82, 2.24) is 10.2 Å². The van der Waals surface area contributed by atoms with Gasteiger partial charge in [0.2, 0.25) is 11.8 Å². The fraction of sp³-hybridized carbons (Fsp3) is 0.355. The van der Waals surface area contributed by atoms with Gasteiger partial charge >= 0.3 is 0 Å². The first-order valence-corrected chi connectivity index (χ1v) is 15.3. The summed E-state index contributed by atoms with van der Waals surface area (Å²) in [5, 5.41) is 2.89. The third kappa shape index (κ3) is 7.14. The third-order valence-corrected chi connectivity index (χ3v) is 8.54. The van der Waals surface area contributed by atoms with Gasteiger partial charge in [-0.3, -0.25) is 13.9 Å². The van der Waals surface area contributed by atoms with Gasteiger partial charge in [-0.25, -0.2) is 8.42 Å². The lowest BCUT2D eigenvalue weighted by atomic mass is 10.1. The minimum atomic E-state index is -4.19. The highest BCUT2D eigenvalue weighted by molar-refractivity contribution is 7.92. The lowest BCUT2D eigenvalue weighted by Crippen LogP contribution is -2.53. The second-order valence-corrected chi connectivity index (χ2v) is 12.0. The van der Waals surface area contributed by atoms with Crippen molar-refractivity contribution in [3.05, 3.63) is 78.4 Å². The maximum absolute atomic E-state index is 14.2. The van der Waals surface area contributed by atoms with Gasteiger partial charge in [-0.2, -0.15) is 0 Å². The van der Waals surface area contributed by atoms with Gasteiger partial charge in [0, 0.05) is 18.7 Å². The summed E-state index contributed by atoms with van der Waals surface area (Å²) in [6.07, 6.45) is 0.329. The number of anilines is 1. The van der Waals surface area contributed by atoms with E-state index in [1.54, 1.807) is 55.6 Å². The van der Waals surface area contributed by atoms with Crippen molar-refractivity contribution < 1.29 is 32.2 Å². The van der Waals surface area contributed by atoms with Crippen LogP contribution in [-0.2, 0) is 26.2 Å². The maximum Gasteiger partial charge on any atom is 0.264 e. The number of amides is 2. The first-order chi connectivity index (χ1) is 20.1. The number of hydrogen-bond donors (Lipinski definition) is 1. The van der Waals surface area contributed by atoms with Gasteiger partial charge in [-0.15, -0.1) is 0 Å². The lowest BCUT2D eigenvalue weighted by molar-refractivity contribution is -0.140. The third-order valence-electron chi connectivity index (χ3n) is 6.75. The molecule has 1 N–H and O–H groups in total. The van der Waals surface area contributed by atoms with Gasteiger partial charge in [0.05, 0.1) is 17.7 Å². The van der Waals surface area contributed by atoms with E-state index in [1.807, 2.05) is 32.9 Å². The van der Waals surface area contributed by atoms with E-state index in [0.29, 0.717) is 36.9 Å².